The molecular formula is C19H21N3O2. The monoisotopic (exact) mass is 323 g/mol. The average Bonchev–Trinajstić information content (AvgIpc) is 3.15. The summed E-state index contributed by atoms with van der Waals surface area (Å²) in [5, 5.41) is 7.28. The molecule has 2 heterocycles. The van der Waals surface area contributed by atoms with Gasteiger partial charge in [0.05, 0.1) is 12.2 Å². The molecule has 5 heteroatoms. The van der Waals surface area contributed by atoms with Gasteiger partial charge in [-0.05, 0) is 44.0 Å². The molecule has 24 heavy (non-hydrogen) atoms. The van der Waals surface area contributed by atoms with Crippen LogP contribution >= 0.6 is 0 Å². The van der Waals surface area contributed by atoms with Crippen LogP contribution in [0.1, 0.15) is 33.3 Å². The molecule has 0 aliphatic carbocycles. The van der Waals surface area contributed by atoms with Crippen molar-refractivity contribution >= 4 is 5.91 Å². The van der Waals surface area contributed by atoms with Gasteiger partial charge in [-0.1, -0.05) is 30.3 Å². The van der Waals surface area contributed by atoms with Gasteiger partial charge in [-0.3, -0.25) is 9.48 Å². The summed E-state index contributed by atoms with van der Waals surface area (Å²) in [6.07, 6.45) is 0.798. The van der Waals surface area contributed by atoms with Crippen molar-refractivity contribution in [2.45, 2.75) is 26.8 Å². The second kappa shape index (κ2) is 7.17. The number of nitrogens with one attached hydrogen (secondary N) is 1. The van der Waals surface area contributed by atoms with Crippen LogP contribution in [-0.2, 0) is 13.0 Å². The molecule has 2 aromatic heterocycles. The van der Waals surface area contributed by atoms with E-state index in [4.69, 9.17) is 4.42 Å². The molecular weight excluding hydrogens is 302 g/mol. The number of carbonyl (C=O) groups is 1. The molecule has 124 valence electrons. The van der Waals surface area contributed by atoms with Crippen LogP contribution in [-0.4, -0.2) is 22.2 Å². The first kappa shape index (κ1) is 16.1. The summed E-state index contributed by atoms with van der Waals surface area (Å²) in [6, 6.07) is 15.6. The van der Waals surface area contributed by atoms with Crippen molar-refractivity contribution in [3.63, 3.8) is 0 Å². The predicted octanol–water partition coefficient (Wildman–Crippen LogP) is 3.11. The molecule has 0 radical (unpaired) electrons. The first-order chi connectivity index (χ1) is 11.6. The maximum absolute atomic E-state index is 12.1. The van der Waals surface area contributed by atoms with Gasteiger partial charge in [0.15, 0.2) is 5.76 Å². The fourth-order valence-electron chi connectivity index (χ4n) is 2.62. The lowest BCUT2D eigenvalue weighted by Gasteiger charge is -2.04. The molecule has 3 rings (SSSR count). The van der Waals surface area contributed by atoms with Crippen molar-refractivity contribution in [1.82, 2.24) is 15.1 Å². The highest BCUT2D eigenvalue weighted by Crippen LogP contribution is 2.11. The zero-order chi connectivity index (χ0) is 16.9. The maximum Gasteiger partial charge on any atom is 0.287 e. The van der Waals surface area contributed by atoms with Crippen molar-refractivity contribution in [1.29, 1.82) is 0 Å². The second-order valence-electron chi connectivity index (χ2n) is 5.84. The number of furan rings is 1. The number of aromatic nitrogens is 2. The molecule has 0 saturated carbocycles. The minimum Gasteiger partial charge on any atom is -0.454 e. The third-order valence-corrected chi connectivity index (χ3v) is 3.84. The van der Waals surface area contributed by atoms with Crippen LogP contribution in [0.2, 0.25) is 0 Å². The Morgan fingerprint density at radius 1 is 1.17 bits per heavy atom. The molecule has 0 saturated heterocycles. The lowest BCUT2D eigenvalue weighted by molar-refractivity contribution is 0.0924. The number of benzene rings is 1. The Kier molecular flexibility index (Phi) is 4.79. The molecule has 0 fully saturated rings. The molecule has 0 unspecified atom stereocenters. The number of carbonyl (C=O) groups excluding carboxylic acids is 1. The van der Waals surface area contributed by atoms with E-state index in [0.717, 1.165) is 23.6 Å². The number of nitrogens with zero attached hydrogens (tertiary/aromatic N) is 2. The van der Waals surface area contributed by atoms with Crippen LogP contribution in [0.15, 0.2) is 52.9 Å². The van der Waals surface area contributed by atoms with Gasteiger partial charge in [0, 0.05) is 12.2 Å². The van der Waals surface area contributed by atoms with Crippen LogP contribution in [0.5, 0.6) is 0 Å². The summed E-state index contributed by atoms with van der Waals surface area (Å²) >= 11 is 0. The largest absolute Gasteiger partial charge is 0.454 e. The Bertz CT molecular complexity index is 818. The number of amides is 1. The molecule has 0 aliphatic rings. The second-order valence-corrected chi connectivity index (χ2v) is 5.84. The van der Waals surface area contributed by atoms with Gasteiger partial charge in [0.1, 0.15) is 5.76 Å². The molecule has 1 amide bonds. The van der Waals surface area contributed by atoms with E-state index in [1.54, 1.807) is 6.07 Å². The van der Waals surface area contributed by atoms with Crippen molar-refractivity contribution in [3.8, 4) is 0 Å². The highest BCUT2D eigenvalue weighted by molar-refractivity contribution is 5.91. The van der Waals surface area contributed by atoms with E-state index in [1.165, 1.54) is 5.56 Å². The Morgan fingerprint density at radius 2 is 1.96 bits per heavy atom. The minimum absolute atomic E-state index is 0.189. The third-order valence-electron chi connectivity index (χ3n) is 3.84. The lowest BCUT2D eigenvalue weighted by atomic mass is 10.1. The van der Waals surface area contributed by atoms with Gasteiger partial charge in [0.2, 0.25) is 0 Å². The number of rotatable bonds is 6. The van der Waals surface area contributed by atoms with Crippen molar-refractivity contribution in [3.05, 3.63) is 77.0 Å². The Morgan fingerprint density at radius 3 is 2.67 bits per heavy atom. The number of hydrogen-bond donors (Lipinski definition) is 1. The van der Waals surface area contributed by atoms with Crippen LogP contribution in [0.3, 0.4) is 0 Å². The van der Waals surface area contributed by atoms with E-state index in [2.05, 4.69) is 10.4 Å². The molecule has 1 N–H and O–H groups in total. The summed E-state index contributed by atoms with van der Waals surface area (Å²) < 4.78 is 7.51. The quantitative estimate of drug-likeness (QED) is 0.758. The van der Waals surface area contributed by atoms with E-state index < -0.39 is 0 Å². The zero-order valence-corrected chi connectivity index (χ0v) is 14.0. The Hall–Kier alpha value is -2.82. The third kappa shape index (κ3) is 3.93. The molecule has 5 nitrogen and oxygen atoms in total. The van der Waals surface area contributed by atoms with Crippen molar-refractivity contribution in [2.75, 3.05) is 6.54 Å². The smallest absolute Gasteiger partial charge is 0.287 e. The van der Waals surface area contributed by atoms with Gasteiger partial charge >= 0.3 is 0 Å². The van der Waals surface area contributed by atoms with Crippen LogP contribution in [0.25, 0.3) is 0 Å². The van der Waals surface area contributed by atoms with Gasteiger partial charge in [-0.2, -0.15) is 5.10 Å². The first-order valence-corrected chi connectivity index (χ1v) is 8.04. The van der Waals surface area contributed by atoms with Gasteiger partial charge in [-0.25, -0.2) is 0 Å². The normalized spacial score (nSPS) is 10.8. The summed E-state index contributed by atoms with van der Waals surface area (Å²) in [5.41, 5.74) is 3.23. The Labute approximate surface area is 141 Å². The summed E-state index contributed by atoms with van der Waals surface area (Å²) in [7, 11) is 0. The first-order valence-electron chi connectivity index (χ1n) is 8.04. The van der Waals surface area contributed by atoms with Gasteiger partial charge in [-0.15, -0.1) is 0 Å². The predicted molar refractivity (Wildman–Crippen MR) is 92.0 cm³/mol. The van der Waals surface area contributed by atoms with E-state index in [-0.39, 0.29) is 5.91 Å². The highest BCUT2D eigenvalue weighted by Gasteiger charge is 2.12. The minimum atomic E-state index is -0.189. The topological polar surface area (TPSA) is 60.1 Å². The zero-order valence-electron chi connectivity index (χ0n) is 14.0. The van der Waals surface area contributed by atoms with Gasteiger partial charge in [0.25, 0.3) is 5.91 Å². The van der Waals surface area contributed by atoms with E-state index in [1.807, 2.05) is 61.0 Å². The van der Waals surface area contributed by atoms with Crippen LogP contribution in [0.4, 0.5) is 0 Å². The standard InChI is InChI=1S/C19H21N3O2/c1-14-12-15(2)22(21-14)13-17-8-9-18(24-17)19(23)20-11-10-16-6-4-3-5-7-16/h3-9,12H,10-11,13H2,1-2H3,(H,20,23). The van der Waals surface area contributed by atoms with E-state index in [0.29, 0.717) is 18.8 Å². The molecule has 0 aliphatic heterocycles. The number of hydrogen-bond acceptors (Lipinski definition) is 3. The number of aryl methyl sites for hydroxylation is 2. The highest BCUT2D eigenvalue weighted by atomic mass is 16.4. The van der Waals surface area contributed by atoms with Gasteiger partial charge < -0.3 is 9.73 Å². The summed E-state index contributed by atoms with van der Waals surface area (Å²) in [5.74, 6) is 0.861. The van der Waals surface area contributed by atoms with Crippen LogP contribution < -0.4 is 5.32 Å². The molecule has 0 atom stereocenters. The van der Waals surface area contributed by atoms with E-state index >= 15 is 0 Å². The fourth-order valence-corrected chi connectivity index (χ4v) is 2.62. The molecule has 1 aromatic carbocycles. The van der Waals surface area contributed by atoms with Crippen molar-refractivity contribution in [2.24, 2.45) is 0 Å². The Balaban J connectivity index is 1.54. The SMILES string of the molecule is Cc1cc(C)n(Cc2ccc(C(=O)NCCc3ccccc3)o2)n1. The van der Waals surface area contributed by atoms with Crippen molar-refractivity contribution < 1.29 is 9.21 Å². The summed E-state index contributed by atoms with van der Waals surface area (Å²) in [4.78, 5) is 12.1. The summed E-state index contributed by atoms with van der Waals surface area (Å²) in [6.45, 7) is 5.06. The van der Waals surface area contributed by atoms with E-state index in [9.17, 15) is 4.79 Å². The maximum atomic E-state index is 12.1. The molecule has 0 bridgehead atoms. The fraction of sp³-hybridized carbons (Fsp3) is 0.263. The lowest BCUT2D eigenvalue weighted by Crippen LogP contribution is -2.25. The molecule has 0 spiro atoms. The molecule has 3 aromatic rings. The average molecular weight is 323 g/mol. The van der Waals surface area contributed by atoms with Crippen LogP contribution in [0, 0.1) is 13.8 Å².